The van der Waals surface area contributed by atoms with Crippen LogP contribution in [0, 0.1) is 0 Å². The van der Waals surface area contributed by atoms with Crippen molar-refractivity contribution in [2.45, 2.75) is 56.5 Å². The number of anilines is 3. The normalized spacial score (nSPS) is 20.3. The summed E-state index contributed by atoms with van der Waals surface area (Å²) in [4.78, 5) is 19.0. The number of nitrogens with one attached hydrogen (secondary N) is 2. The number of rotatable bonds is 6. The van der Waals surface area contributed by atoms with E-state index in [0.717, 1.165) is 59.5 Å². The molecule has 172 valence electrons. The first-order chi connectivity index (χ1) is 16.7. The zero-order valence-corrected chi connectivity index (χ0v) is 19.1. The fraction of sp³-hybridized carbons (Fsp3) is 0.333. The van der Waals surface area contributed by atoms with Crippen molar-refractivity contribution in [2.24, 2.45) is 5.73 Å². The summed E-state index contributed by atoms with van der Waals surface area (Å²) in [7, 11) is 0. The minimum Gasteiger partial charge on any atom is -0.367 e. The van der Waals surface area contributed by atoms with E-state index in [9.17, 15) is 0 Å². The van der Waals surface area contributed by atoms with Crippen LogP contribution in [0.4, 0.5) is 17.3 Å². The van der Waals surface area contributed by atoms with Crippen LogP contribution in [0.15, 0.2) is 61.1 Å². The second kappa shape index (κ2) is 8.99. The molecule has 4 N–H and O–H groups in total. The van der Waals surface area contributed by atoms with Crippen LogP contribution in [-0.4, -0.2) is 32.0 Å². The Hall–Kier alpha value is -3.58. The Morgan fingerprint density at radius 2 is 1.82 bits per heavy atom. The van der Waals surface area contributed by atoms with Crippen molar-refractivity contribution >= 4 is 28.2 Å². The topological polar surface area (TPSA) is 102 Å². The summed E-state index contributed by atoms with van der Waals surface area (Å²) < 4.78 is 0. The van der Waals surface area contributed by atoms with Gasteiger partial charge in [-0.15, -0.1) is 0 Å². The van der Waals surface area contributed by atoms with E-state index in [-0.39, 0.29) is 6.04 Å². The second-order valence-corrected chi connectivity index (χ2v) is 9.48. The SMILES string of the molecule is NC1CCCC(Nc2nc(-c3ccnc(Nc4ccccc4)c3)nc3cncc(C4CC4)c23)C1. The number of para-hydroxylation sites is 1. The molecule has 7 nitrogen and oxygen atoms in total. The molecule has 1 aromatic carbocycles. The average Bonchev–Trinajstić information content (AvgIpc) is 3.70. The van der Waals surface area contributed by atoms with Gasteiger partial charge < -0.3 is 16.4 Å². The van der Waals surface area contributed by atoms with E-state index in [4.69, 9.17) is 15.7 Å². The lowest BCUT2D eigenvalue weighted by atomic mass is 9.91. The summed E-state index contributed by atoms with van der Waals surface area (Å²) in [5.74, 6) is 2.88. The molecule has 7 heteroatoms. The fourth-order valence-electron chi connectivity index (χ4n) is 4.91. The van der Waals surface area contributed by atoms with Gasteiger partial charge in [0.25, 0.3) is 0 Å². The lowest BCUT2D eigenvalue weighted by Crippen LogP contribution is -2.35. The third-order valence-electron chi connectivity index (χ3n) is 6.77. The quantitative estimate of drug-likeness (QED) is 0.361. The van der Waals surface area contributed by atoms with Crippen LogP contribution in [0.2, 0.25) is 0 Å². The highest BCUT2D eigenvalue weighted by Gasteiger charge is 2.29. The van der Waals surface area contributed by atoms with Gasteiger partial charge in [-0.1, -0.05) is 18.2 Å². The second-order valence-electron chi connectivity index (χ2n) is 9.48. The molecule has 0 aliphatic heterocycles. The maximum atomic E-state index is 6.28. The Balaban J connectivity index is 1.40. The molecule has 2 saturated carbocycles. The first-order valence-electron chi connectivity index (χ1n) is 12.2. The van der Waals surface area contributed by atoms with Crippen LogP contribution >= 0.6 is 0 Å². The van der Waals surface area contributed by atoms with Crippen LogP contribution in [0.3, 0.4) is 0 Å². The summed E-state index contributed by atoms with van der Waals surface area (Å²) in [6.45, 7) is 0. The smallest absolute Gasteiger partial charge is 0.162 e. The van der Waals surface area contributed by atoms with E-state index in [2.05, 4.69) is 20.6 Å². The minimum absolute atomic E-state index is 0.246. The van der Waals surface area contributed by atoms with E-state index < -0.39 is 0 Å². The summed E-state index contributed by atoms with van der Waals surface area (Å²) >= 11 is 0. The number of hydrogen-bond acceptors (Lipinski definition) is 7. The number of fused-ring (bicyclic) bond motifs is 1. The number of pyridine rings is 2. The summed E-state index contributed by atoms with van der Waals surface area (Å²) in [5, 5.41) is 8.22. The number of nitrogens with two attached hydrogens (primary N) is 1. The van der Waals surface area contributed by atoms with Gasteiger partial charge in [-0.25, -0.2) is 15.0 Å². The third-order valence-corrected chi connectivity index (χ3v) is 6.77. The molecule has 6 rings (SSSR count). The molecule has 4 aromatic rings. The van der Waals surface area contributed by atoms with Gasteiger partial charge in [-0.05, 0) is 74.3 Å². The van der Waals surface area contributed by atoms with Gasteiger partial charge in [0, 0.05) is 41.1 Å². The Bertz CT molecular complexity index is 1300. The maximum absolute atomic E-state index is 6.28. The van der Waals surface area contributed by atoms with Gasteiger partial charge in [0.05, 0.1) is 11.7 Å². The first kappa shape index (κ1) is 21.0. The van der Waals surface area contributed by atoms with Crippen LogP contribution in [0.25, 0.3) is 22.3 Å². The lowest BCUT2D eigenvalue weighted by Gasteiger charge is -2.28. The van der Waals surface area contributed by atoms with Gasteiger partial charge in [-0.2, -0.15) is 0 Å². The van der Waals surface area contributed by atoms with Crippen molar-refractivity contribution in [1.29, 1.82) is 0 Å². The largest absolute Gasteiger partial charge is 0.367 e. The van der Waals surface area contributed by atoms with Crippen molar-refractivity contribution in [3.63, 3.8) is 0 Å². The summed E-state index contributed by atoms with van der Waals surface area (Å²) in [5.41, 5.74) is 10.3. The van der Waals surface area contributed by atoms with E-state index >= 15 is 0 Å². The minimum atomic E-state index is 0.246. The van der Waals surface area contributed by atoms with E-state index in [0.29, 0.717) is 17.8 Å². The highest BCUT2D eigenvalue weighted by molar-refractivity contribution is 5.93. The lowest BCUT2D eigenvalue weighted by molar-refractivity contribution is 0.409. The molecule has 2 aliphatic carbocycles. The fourth-order valence-corrected chi connectivity index (χ4v) is 4.91. The molecule has 3 heterocycles. The van der Waals surface area contributed by atoms with Crippen LogP contribution in [0.1, 0.15) is 50.0 Å². The van der Waals surface area contributed by atoms with Crippen molar-refractivity contribution in [3.8, 4) is 11.4 Å². The van der Waals surface area contributed by atoms with Crippen LogP contribution in [-0.2, 0) is 0 Å². The highest BCUT2D eigenvalue weighted by atomic mass is 15.1. The molecule has 0 spiro atoms. The van der Waals surface area contributed by atoms with Crippen molar-refractivity contribution < 1.29 is 0 Å². The highest BCUT2D eigenvalue weighted by Crippen LogP contribution is 2.44. The van der Waals surface area contributed by atoms with Crippen LogP contribution in [0.5, 0.6) is 0 Å². The van der Waals surface area contributed by atoms with E-state index in [1.807, 2.05) is 54.9 Å². The van der Waals surface area contributed by atoms with E-state index in [1.165, 1.54) is 18.4 Å². The first-order valence-corrected chi connectivity index (χ1v) is 12.2. The number of nitrogens with zero attached hydrogens (tertiary/aromatic N) is 4. The zero-order valence-electron chi connectivity index (χ0n) is 19.1. The molecule has 34 heavy (non-hydrogen) atoms. The molecule has 2 unspecified atom stereocenters. The van der Waals surface area contributed by atoms with Gasteiger partial charge in [0.1, 0.15) is 11.6 Å². The standard InChI is InChI=1S/C27H29N7/c28-19-5-4-8-21(14-19)32-27-25-22(17-9-10-17)15-29-16-23(25)33-26(34-27)18-11-12-30-24(13-18)31-20-6-2-1-3-7-20/h1-3,6-7,11-13,15-17,19,21H,4-5,8-10,14,28H2,(H,30,31)(H,32,33,34). The Labute approximate surface area is 199 Å². The molecule has 2 atom stereocenters. The predicted octanol–water partition coefficient (Wildman–Crippen LogP) is 5.39. The third kappa shape index (κ3) is 4.43. The Morgan fingerprint density at radius 3 is 2.65 bits per heavy atom. The van der Waals surface area contributed by atoms with Crippen molar-refractivity contribution in [3.05, 3.63) is 66.6 Å². The van der Waals surface area contributed by atoms with Crippen molar-refractivity contribution in [1.82, 2.24) is 19.9 Å². The molecule has 0 saturated heterocycles. The van der Waals surface area contributed by atoms with Gasteiger partial charge in [-0.3, -0.25) is 4.98 Å². The summed E-state index contributed by atoms with van der Waals surface area (Å²) in [6.07, 6.45) is 12.4. The number of aromatic nitrogens is 4. The van der Waals surface area contributed by atoms with Crippen molar-refractivity contribution in [2.75, 3.05) is 10.6 Å². The molecule has 0 radical (unpaired) electrons. The summed E-state index contributed by atoms with van der Waals surface area (Å²) in [6, 6.07) is 14.5. The molecule has 0 bridgehead atoms. The van der Waals surface area contributed by atoms with Gasteiger partial charge >= 0.3 is 0 Å². The molecular formula is C27H29N7. The molecule has 3 aromatic heterocycles. The molecule has 0 amide bonds. The monoisotopic (exact) mass is 451 g/mol. The zero-order chi connectivity index (χ0) is 22.9. The Kier molecular flexibility index (Phi) is 5.55. The maximum Gasteiger partial charge on any atom is 0.162 e. The number of benzene rings is 1. The van der Waals surface area contributed by atoms with Gasteiger partial charge in [0.15, 0.2) is 5.82 Å². The average molecular weight is 452 g/mol. The van der Waals surface area contributed by atoms with Crippen LogP contribution < -0.4 is 16.4 Å². The van der Waals surface area contributed by atoms with E-state index in [1.54, 1.807) is 6.20 Å². The van der Waals surface area contributed by atoms with Gasteiger partial charge in [0.2, 0.25) is 0 Å². The number of hydrogen-bond donors (Lipinski definition) is 3. The predicted molar refractivity (Wildman–Crippen MR) is 136 cm³/mol. The molecular weight excluding hydrogens is 422 g/mol. The molecule has 2 fully saturated rings. The molecule has 2 aliphatic rings. The Morgan fingerprint density at radius 1 is 0.941 bits per heavy atom.